The minimum atomic E-state index is -0.373. The third-order valence-electron chi connectivity index (χ3n) is 6.53. The lowest BCUT2D eigenvalue weighted by atomic mass is 9.84. The molecule has 0 spiro atoms. The Bertz CT molecular complexity index is 1000. The van der Waals surface area contributed by atoms with Crippen LogP contribution in [0.3, 0.4) is 0 Å². The molecule has 1 unspecified atom stereocenters. The normalized spacial score (nSPS) is 20.8. The fourth-order valence-corrected chi connectivity index (χ4v) is 4.56. The van der Waals surface area contributed by atoms with Crippen LogP contribution in [0.15, 0.2) is 48.5 Å². The maximum Gasteiger partial charge on any atom is 0.230 e. The fourth-order valence-electron chi connectivity index (χ4n) is 4.56. The molecule has 0 radical (unpaired) electrons. The van der Waals surface area contributed by atoms with Crippen molar-refractivity contribution in [3.63, 3.8) is 0 Å². The Kier molecular flexibility index (Phi) is 4.77. The Hall–Kier alpha value is -3.15. The number of benzene rings is 2. The Balaban J connectivity index is 1.29. The van der Waals surface area contributed by atoms with Crippen LogP contribution in [0.25, 0.3) is 0 Å². The van der Waals surface area contributed by atoms with Crippen molar-refractivity contribution in [3.05, 3.63) is 54.1 Å². The van der Waals surface area contributed by atoms with E-state index in [9.17, 15) is 14.4 Å². The van der Waals surface area contributed by atoms with E-state index >= 15 is 0 Å². The van der Waals surface area contributed by atoms with Crippen LogP contribution in [0.5, 0.6) is 0 Å². The molecule has 5 rings (SSSR count). The Morgan fingerprint density at radius 1 is 1.00 bits per heavy atom. The Morgan fingerprint density at radius 3 is 2.53 bits per heavy atom. The largest absolute Gasteiger partial charge is 0.326 e. The van der Waals surface area contributed by atoms with Gasteiger partial charge in [-0.05, 0) is 55.2 Å². The van der Waals surface area contributed by atoms with E-state index in [0.29, 0.717) is 13.1 Å². The van der Waals surface area contributed by atoms with Gasteiger partial charge < -0.3 is 15.1 Å². The number of hydrogen-bond donors (Lipinski definition) is 1. The molecule has 3 amide bonds. The number of carbonyl (C=O) groups excluding carboxylic acids is 3. The van der Waals surface area contributed by atoms with E-state index < -0.39 is 0 Å². The van der Waals surface area contributed by atoms with Gasteiger partial charge >= 0.3 is 0 Å². The van der Waals surface area contributed by atoms with Gasteiger partial charge in [-0.15, -0.1) is 0 Å². The van der Waals surface area contributed by atoms with Gasteiger partial charge in [-0.1, -0.05) is 24.6 Å². The van der Waals surface area contributed by atoms with Gasteiger partial charge in [0.25, 0.3) is 0 Å². The number of rotatable bonds is 4. The molecule has 1 aliphatic carbocycles. The van der Waals surface area contributed by atoms with Crippen molar-refractivity contribution in [1.82, 2.24) is 0 Å². The number of nitrogens with zero attached hydrogens (tertiary/aromatic N) is 2. The molecule has 6 heteroatoms. The summed E-state index contributed by atoms with van der Waals surface area (Å²) in [6.45, 7) is 1.09. The highest BCUT2D eigenvalue weighted by atomic mass is 16.2. The van der Waals surface area contributed by atoms with E-state index in [2.05, 4.69) is 5.32 Å². The van der Waals surface area contributed by atoms with Gasteiger partial charge in [-0.25, -0.2) is 0 Å². The predicted molar refractivity (Wildman–Crippen MR) is 115 cm³/mol. The summed E-state index contributed by atoms with van der Waals surface area (Å²) in [7, 11) is 0. The Morgan fingerprint density at radius 2 is 1.80 bits per heavy atom. The van der Waals surface area contributed by atoms with Crippen LogP contribution in [0.2, 0.25) is 0 Å². The quantitative estimate of drug-likeness (QED) is 0.851. The van der Waals surface area contributed by atoms with Gasteiger partial charge in [0.05, 0.1) is 5.92 Å². The smallest absolute Gasteiger partial charge is 0.230 e. The lowest BCUT2D eigenvalue weighted by Gasteiger charge is -2.29. The highest BCUT2D eigenvalue weighted by Gasteiger charge is 2.37. The molecule has 154 valence electrons. The van der Waals surface area contributed by atoms with Gasteiger partial charge in [0, 0.05) is 42.5 Å². The van der Waals surface area contributed by atoms with E-state index in [-0.39, 0.29) is 36.0 Å². The number of amides is 3. The second kappa shape index (κ2) is 7.59. The lowest BCUT2D eigenvalue weighted by molar-refractivity contribution is -0.124. The molecule has 1 saturated heterocycles. The van der Waals surface area contributed by atoms with Crippen molar-refractivity contribution >= 4 is 34.8 Å². The van der Waals surface area contributed by atoms with Gasteiger partial charge in [0.1, 0.15) is 0 Å². The molecule has 30 heavy (non-hydrogen) atoms. The molecule has 1 saturated carbocycles. The average Bonchev–Trinajstić information content (AvgIpc) is 3.30. The van der Waals surface area contributed by atoms with Crippen LogP contribution in [0.4, 0.5) is 17.1 Å². The summed E-state index contributed by atoms with van der Waals surface area (Å²) in [4.78, 5) is 41.5. The first-order valence-corrected chi connectivity index (χ1v) is 10.7. The minimum absolute atomic E-state index is 0.0384. The fraction of sp³-hybridized carbons (Fsp3) is 0.375. The first kappa shape index (κ1) is 18.9. The molecular formula is C24H25N3O3. The topological polar surface area (TPSA) is 69.7 Å². The van der Waals surface area contributed by atoms with Gasteiger partial charge in [0.2, 0.25) is 17.7 Å². The maximum atomic E-state index is 12.7. The second-order valence-electron chi connectivity index (χ2n) is 8.44. The molecular weight excluding hydrogens is 378 g/mol. The van der Waals surface area contributed by atoms with E-state index in [1.165, 1.54) is 0 Å². The van der Waals surface area contributed by atoms with E-state index in [0.717, 1.165) is 48.3 Å². The third-order valence-corrected chi connectivity index (χ3v) is 6.53. The zero-order valence-corrected chi connectivity index (χ0v) is 16.8. The summed E-state index contributed by atoms with van der Waals surface area (Å²) in [5, 5.41) is 2.90. The molecule has 2 aromatic rings. The van der Waals surface area contributed by atoms with Gasteiger partial charge in [0.15, 0.2) is 0 Å². The minimum Gasteiger partial charge on any atom is -0.326 e. The first-order chi connectivity index (χ1) is 14.6. The number of nitrogens with one attached hydrogen (secondary N) is 1. The lowest BCUT2D eigenvalue weighted by Crippen LogP contribution is -2.37. The number of anilines is 3. The van der Waals surface area contributed by atoms with Crippen LogP contribution < -0.4 is 15.1 Å². The van der Waals surface area contributed by atoms with E-state index in [1.807, 2.05) is 53.4 Å². The molecule has 0 bridgehead atoms. The van der Waals surface area contributed by atoms with E-state index in [1.54, 1.807) is 4.90 Å². The molecule has 0 aromatic heterocycles. The second-order valence-corrected chi connectivity index (χ2v) is 8.44. The van der Waals surface area contributed by atoms with Crippen LogP contribution >= 0.6 is 0 Å². The Labute approximate surface area is 175 Å². The number of carbonyl (C=O) groups is 3. The summed E-state index contributed by atoms with van der Waals surface area (Å²) in [6, 6.07) is 15.2. The summed E-state index contributed by atoms with van der Waals surface area (Å²) >= 11 is 0. The standard InChI is InChI=1S/C24H25N3O3/c28-22-14-18(23(29)25-19-7-2-1-3-8-19)15-27(22)20-9-10-21-17(13-20)11-12-26(21)24(30)16-5-4-6-16/h1-3,7-10,13,16,18H,4-6,11-12,14-15H2,(H,25,29). The summed E-state index contributed by atoms with van der Waals surface area (Å²) in [6.07, 6.45) is 4.16. The number of fused-ring (bicyclic) bond motifs is 1. The van der Waals surface area contributed by atoms with Crippen molar-refractivity contribution in [2.75, 3.05) is 28.2 Å². The molecule has 2 aliphatic heterocycles. The van der Waals surface area contributed by atoms with Crippen molar-refractivity contribution < 1.29 is 14.4 Å². The summed E-state index contributed by atoms with van der Waals surface area (Å²) in [5.41, 5.74) is 3.62. The predicted octanol–water partition coefficient (Wildman–Crippen LogP) is 3.37. The van der Waals surface area contributed by atoms with Crippen molar-refractivity contribution in [2.45, 2.75) is 32.1 Å². The maximum absolute atomic E-state index is 12.7. The van der Waals surface area contributed by atoms with Crippen LogP contribution in [-0.4, -0.2) is 30.8 Å². The molecule has 1 atom stereocenters. The molecule has 2 heterocycles. The zero-order valence-electron chi connectivity index (χ0n) is 16.8. The monoisotopic (exact) mass is 403 g/mol. The molecule has 1 N–H and O–H groups in total. The first-order valence-electron chi connectivity index (χ1n) is 10.7. The molecule has 2 fully saturated rings. The highest BCUT2D eigenvalue weighted by Crippen LogP contribution is 2.37. The summed E-state index contributed by atoms with van der Waals surface area (Å²) in [5.74, 6) is -0.121. The highest BCUT2D eigenvalue weighted by molar-refractivity contribution is 6.04. The van der Waals surface area contributed by atoms with Gasteiger partial charge in [-0.2, -0.15) is 0 Å². The zero-order chi connectivity index (χ0) is 20.7. The summed E-state index contributed by atoms with van der Waals surface area (Å²) < 4.78 is 0. The van der Waals surface area contributed by atoms with Crippen molar-refractivity contribution in [2.24, 2.45) is 11.8 Å². The number of para-hydroxylation sites is 1. The molecule has 6 nitrogen and oxygen atoms in total. The van der Waals surface area contributed by atoms with Crippen LogP contribution in [0, 0.1) is 11.8 Å². The van der Waals surface area contributed by atoms with E-state index in [4.69, 9.17) is 0 Å². The third kappa shape index (κ3) is 3.36. The van der Waals surface area contributed by atoms with Crippen LogP contribution in [-0.2, 0) is 20.8 Å². The molecule has 2 aromatic carbocycles. The molecule has 3 aliphatic rings. The SMILES string of the molecule is O=C(Nc1ccccc1)C1CC(=O)N(c2ccc3c(c2)CCN3C(=O)C2CCC2)C1. The number of hydrogen-bond acceptors (Lipinski definition) is 3. The van der Waals surface area contributed by atoms with Gasteiger partial charge in [-0.3, -0.25) is 14.4 Å². The average molecular weight is 403 g/mol. The van der Waals surface area contributed by atoms with Crippen LogP contribution in [0.1, 0.15) is 31.2 Å². The van der Waals surface area contributed by atoms with Crippen molar-refractivity contribution in [3.8, 4) is 0 Å². The van der Waals surface area contributed by atoms with Crippen molar-refractivity contribution in [1.29, 1.82) is 0 Å².